The van der Waals surface area contributed by atoms with E-state index in [1.54, 1.807) is 0 Å². The molecule has 0 spiro atoms. The molecular weight excluding hydrogens is 200 g/mol. The van der Waals surface area contributed by atoms with Gasteiger partial charge in [0.1, 0.15) is 0 Å². The maximum Gasteiger partial charge on any atom is 0.0599 e. The van der Waals surface area contributed by atoms with Crippen LogP contribution in [0.4, 0.5) is 0 Å². The van der Waals surface area contributed by atoms with E-state index in [0.717, 1.165) is 18.7 Å². The molecule has 0 saturated carbocycles. The first-order valence-corrected chi connectivity index (χ1v) is 6.88. The first-order valence-electron chi connectivity index (χ1n) is 6.88. The predicted octanol–water partition coefficient (Wildman–Crippen LogP) is 1.63. The quantitative estimate of drug-likeness (QED) is 0.791. The van der Waals surface area contributed by atoms with E-state index in [-0.39, 0.29) is 0 Å². The van der Waals surface area contributed by atoms with Gasteiger partial charge in [-0.1, -0.05) is 0 Å². The largest absolute Gasteiger partial charge is 0.378 e. The second kappa shape index (κ2) is 5.99. The molecule has 2 atom stereocenters. The first-order chi connectivity index (χ1) is 7.79. The number of nitrogens with one attached hydrogen (secondary N) is 1. The third kappa shape index (κ3) is 3.19. The Hall–Kier alpha value is -0.120. The highest BCUT2D eigenvalue weighted by molar-refractivity contribution is 4.85. The number of likely N-dealkylation sites (tertiary alicyclic amines) is 1. The molecule has 0 amide bonds. The van der Waals surface area contributed by atoms with Crippen LogP contribution >= 0.6 is 0 Å². The lowest BCUT2D eigenvalue weighted by molar-refractivity contribution is 0.000238. The van der Waals surface area contributed by atoms with Gasteiger partial charge in [0.05, 0.1) is 6.10 Å². The van der Waals surface area contributed by atoms with Crippen LogP contribution in [-0.2, 0) is 4.74 Å². The van der Waals surface area contributed by atoms with E-state index in [4.69, 9.17) is 4.74 Å². The normalized spacial score (nSPS) is 34.1. The van der Waals surface area contributed by atoms with E-state index in [1.807, 2.05) is 0 Å². The summed E-state index contributed by atoms with van der Waals surface area (Å²) in [5.74, 6) is 0. The van der Waals surface area contributed by atoms with Crippen LogP contribution in [0, 0.1) is 0 Å². The summed E-state index contributed by atoms with van der Waals surface area (Å²) in [7, 11) is 0. The third-order valence-corrected chi connectivity index (χ3v) is 4.03. The number of rotatable bonds is 3. The van der Waals surface area contributed by atoms with Crippen LogP contribution in [-0.4, -0.2) is 49.3 Å². The van der Waals surface area contributed by atoms with E-state index in [2.05, 4.69) is 24.1 Å². The first kappa shape index (κ1) is 12.3. The molecule has 2 saturated heterocycles. The molecule has 2 aliphatic heterocycles. The average molecular weight is 226 g/mol. The Balaban J connectivity index is 1.72. The van der Waals surface area contributed by atoms with Crippen LogP contribution < -0.4 is 5.32 Å². The Morgan fingerprint density at radius 1 is 1.19 bits per heavy atom. The van der Waals surface area contributed by atoms with E-state index >= 15 is 0 Å². The summed E-state index contributed by atoms with van der Waals surface area (Å²) in [6, 6.07) is 1.50. The Morgan fingerprint density at radius 3 is 2.50 bits per heavy atom. The molecule has 2 fully saturated rings. The number of hydrogen-bond donors (Lipinski definition) is 1. The molecule has 2 aliphatic rings. The standard InChI is InChI=1S/C13H26N2O/c1-3-16-13-6-8-15(9-7-13)12-5-4-11(2)14-10-12/h11-14H,3-10H2,1-2H3. The van der Waals surface area contributed by atoms with Crippen LogP contribution in [0.5, 0.6) is 0 Å². The second-order valence-corrected chi connectivity index (χ2v) is 5.23. The highest BCUT2D eigenvalue weighted by atomic mass is 16.5. The molecule has 3 nitrogen and oxygen atoms in total. The van der Waals surface area contributed by atoms with Gasteiger partial charge in [0.25, 0.3) is 0 Å². The van der Waals surface area contributed by atoms with Gasteiger partial charge in [0.15, 0.2) is 0 Å². The number of piperidine rings is 2. The third-order valence-electron chi connectivity index (χ3n) is 4.03. The Bertz CT molecular complexity index is 194. The zero-order valence-corrected chi connectivity index (χ0v) is 10.7. The maximum atomic E-state index is 5.69. The Labute approximate surface area is 99.5 Å². The molecule has 16 heavy (non-hydrogen) atoms. The second-order valence-electron chi connectivity index (χ2n) is 5.23. The lowest BCUT2D eigenvalue weighted by Gasteiger charge is -2.40. The van der Waals surface area contributed by atoms with Crippen molar-refractivity contribution in [2.24, 2.45) is 0 Å². The molecule has 2 heterocycles. The molecule has 0 aliphatic carbocycles. The van der Waals surface area contributed by atoms with Crippen molar-refractivity contribution in [1.82, 2.24) is 10.2 Å². The summed E-state index contributed by atoms with van der Waals surface area (Å²) in [6.07, 6.45) is 5.67. The zero-order valence-electron chi connectivity index (χ0n) is 10.7. The molecule has 3 heteroatoms. The van der Waals surface area contributed by atoms with Crippen molar-refractivity contribution in [2.45, 2.75) is 57.7 Å². The van der Waals surface area contributed by atoms with Gasteiger partial charge in [0, 0.05) is 38.3 Å². The molecule has 2 unspecified atom stereocenters. The summed E-state index contributed by atoms with van der Waals surface area (Å²) in [4.78, 5) is 2.66. The zero-order chi connectivity index (χ0) is 11.4. The van der Waals surface area contributed by atoms with Crippen LogP contribution in [0.3, 0.4) is 0 Å². The average Bonchev–Trinajstić information content (AvgIpc) is 2.32. The fourth-order valence-electron chi connectivity index (χ4n) is 2.94. The topological polar surface area (TPSA) is 24.5 Å². The Morgan fingerprint density at radius 2 is 1.94 bits per heavy atom. The van der Waals surface area contributed by atoms with Crippen molar-refractivity contribution in [3.8, 4) is 0 Å². The Kier molecular flexibility index (Phi) is 4.62. The highest BCUT2D eigenvalue weighted by Gasteiger charge is 2.27. The summed E-state index contributed by atoms with van der Waals surface area (Å²) >= 11 is 0. The lowest BCUT2D eigenvalue weighted by Crippen LogP contribution is -2.51. The minimum absolute atomic E-state index is 0.525. The fraction of sp³-hybridized carbons (Fsp3) is 1.00. The molecule has 0 bridgehead atoms. The van der Waals surface area contributed by atoms with Gasteiger partial charge >= 0.3 is 0 Å². The SMILES string of the molecule is CCOC1CCN(C2CCC(C)NC2)CC1. The summed E-state index contributed by atoms with van der Waals surface area (Å²) in [6.45, 7) is 8.89. The fourth-order valence-corrected chi connectivity index (χ4v) is 2.94. The number of ether oxygens (including phenoxy) is 1. The molecule has 1 N–H and O–H groups in total. The van der Waals surface area contributed by atoms with Gasteiger partial charge in [-0.05, 0) is 39.5 Å². The van der Waals surface area contributed by atoms with Crippen molar-refractivity contribution < 1.29 is 4.74 Å². The van der Waals surface area contributed by atoms with E-state index in [9.17, 15) is 0 Å². The monoisotopic (exact) mass is 226 g/mol. The van der Waals surface area contributed by atoms with E-state index in [0.29, 0.717) is 6.10 Å². The van der Waals surface area contributed by atoms with Crippen molar-refractivity contribution >= 4 is 0 Å². The van der Waals surface area contributed by atoms with Gasteiger partial charge in [0.2, 0.25) is 0 Å². The molecule has 0 aromatic heterocycles. The molecule has 2 rings (SSSR count). The van der Waals surface area contributed by atoms with Crippen LogP contribution in [0.2, 0.25) is 0 Å². The molecule has 0 aromatic rings. The predicted molar refractivity (Wildman–Crippen MR) is 66.7 cm³/mol. The van der Waals surface area contributed by atoms with Crippen molar-refractivity contribution in [3.63, 3.8) is 0 Å². The van der Waals surface area contributed by atoms with Crippen molar-refractivity contribution in [2.75, 3.05) is 26.2 Å². The molecular formula is C13H26N2O. The maximum absolute atomic E-state index is 5.69. The van der Waals surface area contributed by atoms with Crippen LogP contribution in [0.15, 0.2) is 0 Å². The summed E-state index contributed by atoms with van der Waals surface area (Å²) < 4.78 is 5.69. The minimum Gasteiger partial charge on any atom is -0.378 e. The molecule has 0 aromatic carbocycles. The van der Waals surface area contributed by atoms with Crippen LogP contribution in [0.25, 0.3) is 0 Å². The van der Waals surface area contributed by atoms with Crippen molar-refractivity contribution in [1.29, 1.82) is 0 Å². The van der Waals surface area contributed by atoms with Crippen LogP contribution in [0.1, 0.15) is 39.5 Å². The lowest BCUT2D eigenvalue weighted by atomic mass is 9.97. The van der Waals surface area contributed by atoms with Gasteiger partial charge in [-0.15, -0.1) is 0 Å². The van der Waals surface area contributed by atoms with Gasteiger partial charge in [-0.2, -0.15) is 0 Å². The number of nitrogens with zero attached hydrogens (tertiary/aromatic N) is 1. The summed E-state index contributed by atoms with van der Waals surface area (Å²) in [5, 5.41) is 3.59. The van der Waals surface area contributed by atoms with Crippen molar-refractivity contribution in [3.05, 3.63) is 0 Å². The van der Waals surface area contributed by atoms with Gasteiger partial charge in [-0.3, -0.25) is 4.90 Å². The van der Waals surface area contributed by atoms with Gasteiger partial charge in [-0.25, -0.2) is 0 Å². The smallest absolute Gasteiger partial charge is 0.0599 e. The minimum atomic E-state index is 0.525. The van der Waals surface area contributed by atoms with E-state index < -0.39 is 0 Å². The molecule has 94 valence electrons. The number of hydrogen-bond acceptors (Lipinski definition) is 3. The highest BCUT2D eigenvalue weighted by Crippen LogP contribution is 2.20. The van der Waals surface area contributed by atoms with Gasteiger partial charge < -0.3 is 10.1 Å². The van der Waals surface area contributed by atoms with E-state index in [1.165, 1.54) is 45.3 Å². The summed E-state index contributed by atoms with van der Waals surface area (Å²) in [5.41, 5.74) is 0. The molecule has 0 radical (unpaired) electrons.